The van der Waals surface area contributed by atoms with E-state index in [9.17, 15) is 0 Å². The van der Waals surface area contributed by atoms with Crippen LogP contribution in [0.4, 0.5) is 0 Å². The van der Waals surface area contributed by atoms with Crippen molar-refractivity contribution in [1.29, 1.82) is 0 Å². The smallest absolute Gasteiger partial charge is 0.185 e. The second kappa shape index (κ2) is 8.29. The van der Waals surface area contributed by atoms with E-state index >= 15 is 0 Å². The van der Waals surface area contributed by atoms with Gasteiger partial charge < -0.3 is 14.0 Å². The van der Waals surface area contributed by atoms with Crippen LogP contribution in [0.1, 0.15) is 39.5 Å². The van der Waals surface area contributed by atoms with Gasteiger partial charge in [-0.05, 0) is 62.4 Å². The average Bonchev–Trinajstić information content (AvgIpc) is 3.37. The van der Waals surface area contributed by atoms with Gasteiger partial charge in [0.05, 0.1) is 27.9 Å². The number of benzene rings is 5. The summed E-state index contributed by atoms with van der Waals surface area (Å²) in [5.74, 6) is 0. The lowest BCUT2D eigenvalue weighted by Gasteiger charge is -2.30. The quantitative estimate of drug-likeness (QED) is 0.243. The molecule has 0 radical (unpaired) electrons. The van der Waals surface area contributed by atoms with E-state index in [1.165, 1.54) is 49.4 Å². The number of hydrogen-bond donors (Lipinski definition) is 0. The molecule has 0 N–H and O–H groups in total. The minimum Gasteiger partial charge on any atom is -0.339 e. The van der Waals surface area contributed by atoms with Gasteiger partial charge in [-0.25, -0.2) is 0 Å². The number of aromatic nitrogens is 1. The first-order chi connectivity index (χ1) is 18.3. The summed E-state index contributed by atoms with van der Waals surface area (Å²) in [7, 11) is 0. The Labute approximate surface area is 223 Å². The lowest BCUT2D eigenvalue weighted by molar-refractivity contribution is -0.0895. The third-order valence-corrected chi connectivity index (χ3v) is 8.47. The number of rotatable bonds is 3. The van der Waals surface area contributed by atoms with Crippen molar-refractivity contribution in [2.45, 2.75) is 45.2 Å². The molecule has 1 aromatic heterocycles. The first kappa shape index (κ1) is 23.2. The highest BCUT2D eigenvalue weighted by atomic mass is 16.7. The Morgan fingerprint density at radius 3 is 1.61 bits per heavy atom. The maximum atomic E-state index is 6.27. The molecule has 3 heteroatoms. The maximum Gasteiger partial charge on any atom is 0.185 e. The molecule has 3 nitrogen and oxygen atoms in total. The third-order valence-electron chi connectivity index (χ3n) is 8.47. The van der Waals surface area contributed by atoms with Crippen LogP contribution in [0.5, 0.6) is 0 Å². The molecule has 0 spiro atoms. The fourth-order valence-corrected chi connectivity index (χ4v) is 5.71. The predicted molar refractivity (Wildman–Crippen MR) is 157 cm³/mol. The Hall–Kier alpha value is -3.92. The number of ether oxygens (including phenoxy) is 2. The summed E-state index contributed by atoms with van der Waals surface area (Å²) >= 11 is 0. The van der Waals surface area contributed by atoms with Crippen molar-refractivity contribution in [2.24, 2.45) is 0 Å². The Kier molecular flexibility index (Phi) is 5.07. The van der Waals surface area contributed by atoms with E-state index < -0.39 is 0 Å². The van der Waals surface area contributed by atoms with Gasteiger partial charge in [0.15, 0.2) is 6.29 Å². The van der Waals surface area contributed by atoms with E-state index in [0.717, 1.165) is 5.56 Å². The molecule has 1 aliphatic heterocycles. The topological polar surface area (TPSA) is 23.4 Å². The summed E-state index contributed by atoms with van der Waals surface area (Å²) in [4.78, 5) is 0. The maximum absolute atomic E-state index is 6.27. The van der Waals surface area contributed by atoms with E-state index in [-0.39, 0.29) is 17.5 Å². The van der Waals surface area contributed by atoms with Crippen LogP contribution < -0.4 is 0 Å². The standard InChI is InChI=1S/C35H31NO2/c1-34(2)35(3,4)38-33(37-34)24-19-17-23(18-20-24)25-21-22-32(27-12-6-5-11-26(25)27)36-30-15-9-7-13-28(30)29-14-8-10-16-31(29)36/h5-22,33H,1-4H3. The molecule has 1 aliphatic rings. The van der Waals surface area contributed by atoms with Crippen LogP contribution in [-0.4, -0.2) is 15.8 Å². The van der Waals surface area contributed by atoms with Gasteiger partial charge in [0.2, 0.25) is 0 Å². The number of fused-ring (bicyclic) bond motifs is 4. The molecule has 188 valence electrons. The van der Waals surface area contributed by atoms with Gasteiger partial charge in [-0.15, -0.1) is 0 Å². The van der Waals surface area contributed by atoms with Gasteiger partial charge in [0.1, 0.15) is 0 Å². The Morgan fingerprint density at radius 1 is 0.526 bits per heavy atom. The average molecular weight is 498 g/mol. The van der Waals surface area contributed by atoms with E-state index in [1.807, 2.05) is 0 Å². The molecule has 0 atom stereocenters. The normalized spacial score (nSPS) is 17.1. The van der Waals surface area contributed by atoms with Gasteiger partial charge in [0.25, 0.3) is 0 Å². The highest BCUT2D eigenvalue weighted by molar-refractivity contribution is 6.11. The van der Waals surface area contributed by atoms with Gasteiger partial charge in [-0.3, -0.25) is 0 Å². The minimum atomic E-state index is -0.358. The van der Waals surface area contributed by atoms with E-state index in [4.69, 9.17) is 9.47 Å². The van der Waals surface area contributed by atoms with Crippen molar-refractivity contribution in [1.82, 2.24) is 4.57 Å². The monoisotopic (exact) mass is 497 g/mol. The first-order valence-corrected chi connectivity index (χ1v) is 13.3. The molecular formula is C35H31NO2. The largest absolute Gasteiger partial charge is 0.339 e. The van der Waals surface area contributed by atoms with Gasteiger partial charge >= 0.3 is 0 Å². The molecule has 1 saturated heterocycles. The second-order valence-corrected chi connectivity index (χ2v) is 11.3. The molecule has 0 unspecified atom stereocenters. The Morgan fingerprint density at radius 2 is 1.03 bits per heavy atom. The van der Waals surface area contributed by atoms with Crippen molar-refractivity contribution < 1.29 is 9.47 Å². The molecule has 1 fully saturated rings. The zero-order chi connectivity index (χ0) is 26.1. The lowest BCUT2D eigenvalue weighted by Crippen LogP contribution is -2.41. The van der Waals surface area contributed by atoms with Crippen LogP contribution in [0.15, 0.2) is 109 Å². The minimum absolute atomic E-state index is 0.352. The summed E-state index contributed by atoms with van der Waals surface area (Å²) in [5, 5.41) is 5.01. The van der Waals surface area contributed by atoms with E-state index in [0.29, 0.717) is 0 Å². The Balaban J connectivity index is 1.35. The SMILES string of the molecule is CC1(C)OC(c2ccc(-c3ccc(-n4c5ccccc5c5ccccc54)c4ccccc34)cc2)OC1(C)C. The van der Waals surface area contributed by atoms with Gasteiger partial charge in [0, 0.05) is 21.7 Å². The van der Waals surface area contributed by atoms with Crippen LogP contribution in [0.2, 0.25) is 0 Å². The van der Waals surface area contributed by atoms with Gasteiger partial charge in [-0.2, -0.15) is 0 Å². The van der Waals surface area contributed by atoms with Gasteiger partial charge in [-0.1, -0.05) is 91.0 Å². The second-order valence-electron chi connectivity index (χ2n) is 11.3. The molecular weight excluding hydrogens is 466 g/mol. The van der Waals surface area contributed by atoms with Crippen LogP contribution in [0, 0.1) is 0 Å². The highest BCUT2D eigenvalue weighted by Crippen LogP contribution is 2.45. The fraction of sp³-hybridized carbons (Fsp3) is 0.200. The zero-order valence-corrected chi connectivity index (χ0v) is 22.2. The van der Waals surface area contributed by atoms with Crippen LogP contribution in [0.3, 0.4) is 0 Å². The van der Waals surface area contributed by atoms with Crippen molar-refractivity contribution >= 4 is 32.6 Å². The highest BCUT2D eigenvalue weighted by Gasteiger charge is 2.49. The molecule has 5 aromatic carbocycles. The molecule has 2 heterocycles. The fourth-order valence-electron chi connectivity index (χ4n) is 5.71. The third kappa shape index (κ3) is 3.43. The molecule has 0 aliphatic carbocycles. The molecule has 6 aromatic rings. The summed E-state index contributed by atoms with van der Waals surface area (Å²) in [6, 6.07) is 39.2. The molecule has 0 amide bonds. The van der Waals surface area contributed by atoms with Crippen molar-refractivity contribution in [3.63, 3.8) is 0 Å². The lowest BCUT2D eigenvalue weighted by atomic mass is 9.90. The van der Waals surface area contributed by atoms with Crippen molar-refractivity contribution in [3.8, 4) is 16.8 Å². The molecule has 38 heavy (non-hydrogen) atoms. The summed E-state index contributed by atoms with van der Waals surface area (Å²) in [6.45, 7) is 8.36. The molecule has 0 saturated carbocycles. The van der Waals surface area contributed by atoms with Crippen LogP contribution in [0.25, 0.3) is 49.4 Å². The number of hydrogen-bond acceptors (Lipinski definition) is 2. The summed E-state index contributed by atoms with van der Waals surface area (Å²) in [5.41, 5.74) is 6.36. The predicted octanol–water partition coefficient (Wildman–Crippen LogP) is 9.21. The molecule has 0 bridgehead atoms. The summed E-state index contributed by atoms with van der Waals surface area (Å²) in [6.07, 6.45) is -0.358. The van der Waals surface area contributed by atoms with E-state index in [1.54, 1.807) is 0 Å². The van der Waals surface area contributed by atoms with E-state index in [2.05, 4.69) is 141 Å². The van der Waals surface area contributed by atoms with Crippen LogP contribution >= 0.6 is 0 Å². The first-order valence-electron chi connectivity index (χ1n) is 13.3. The molecule has 7 rings (SSSR count). The zero-order valence-electron chi connectivity index (χ0n) is 22.2. The number of nitrogens with zero attached hydrogens (tertiary/aromatic N) is 1. The van der Waals surface area contributed by atoms with Crippen molar-refractivity contribution in [2.75, 3.05) is 0 Å². The number of para-hydroxylation sites is 2. The Bertz CT molecular complexity index is 1760. The van der Waals surface area contributed by atoms with Crippen molar-refractivity contribution in [3.05, 3.63) is 115 Å². The summed E-state index contributed by atoms with van der Waals surface area (Å²) < 4.78 is 14.9. The van der Waals surface area contributed by atoms with Crippen LogP contribution in [-0.2, 0) is 9.47 Å².